The molecule has 1 aromatic rings. The van der Waals surface area contributed by atoms with Crippen molar-refractivity contribution in [3.05, 3.63) is 24.3 Å². The minimum Gasteiger partial charge on any atom is -0.491 e. The highest BCUT2D eigenvalue weighted by atomic mass is 16.5. The van der Waals surface area contributed by atoms with E-state index in [1.54, 1.807) is 24.3 Å². The molecular weight excluding hydrogens is 272 g/mol. The van der Waals surface area contributed by atoms with Crippen LogP contribution in [0.5, 0.6) is 5.75 Å². The van der Waals surface area contributed by atoms with Gasteiger partial charge in [0.25, 0.3) is 0 Å². The van der Waals surface area contributed by atoms with Crippen LogP contribution in [0.4, 0.5) is 5.69 Å². The zero-order valence-electron chi connectivity index (χ0n) is 12.8. The summed E-state index contributed by atoms with van der Waals surface area (Å²) >= 11 is 0. The van der Waals surface area contributed by atoms with Crippen LogP contribution in [0.2, 0.25) is 0 Å². The van der Waals surface area contributed by atoms with Crippen molar-refractivity contribution in [2.45, 2.75) is 12.5 Å². The van der Waals surface area contributed by atoms with Gasteiger partial charge < -0.3 is 24.8 Å². The Bertz CT molecular complexity index is 420. The molecule has 0 aromatic heterocycles. The van der Waals surface area contributed by atoms with E-state index in [2.05, 4.69) is 5.32 Å². The molecule has 0 aliphatic carbocycles. The van der Waals surface area contributed by atoms with Crippen molar-refractivity contribution in [1.82, 2.24) is 4.90 Å². The predicted molar refractivity (Wildman–Crippen MR) is 81.6 cm³/mol. The van der Waals surface area contributed by atoms with Crippen LogP contribution in [0.25, 0.3) is 0 Å². The van der Waals surface area contributed by atoms with Gasteiger partial charge in [-0.3, -0.25) is 4.79 Å². The Morgan fingerprint density at radius 3 is 2.52 bits per heavy atom. The normalized spacial score (nSPS) is 12.2. The van der Waals surface area contributed by atoms with Gasteiger partial charge >= 0.3 is 0 Å². The van der Waals surface area contributed by atoms with Crippen molar-refractivity contribution in [1.29, 1.82) is 0 Å². The lowest BCUT2D eigenvalue weighted by Gasteiger charge is -2.12. The minimum atomic E-state index is -0.652. The Balaban J connectivity index is 2.38. The zero-order chi connectivity index (χ0) is 15.7. The smallest absolute Gasteiger partial charge is 0.225 e. The molecule has 0 spiro atoms. The number of carbonyl (C=O) groups excluding carboxylic acids is 1. The summed E-state index contributed by atoms with van der Waals surface area (Å²) in [5.74, 6) is 0.615. The van der Waals surface area contributed by atoms with Crippen LogP contribution < -0.4 is 10.1 Å². The van der Waals surface area contributed by atoms with Gasteiger partial charge in [0.15, 0.2) is 0 Å². The van der Waals surface area contributed by atoms with Crippen LogP contribution in [0.15, 0.2) is 24.3 Å². The number of amides is 1. The van der Waals surface area contributed by atoms with Gasteiger partial charge in [-0.25, -0.2) is 0 Å². The first-order valence-corrected chi connectivity index (χ1v) is 6.85. The molecule has 6 nitrogen and oxygen atoms in total. The third-order valence-corrected chi connectivity index (χ3v) is 2.73. The van der Waals surface area contributed by atoms with E-state index in [4.69, 9.17) is 9.47 Å². The first kappa shape index (κ1) is 17.4. The van der Waals surface area contributed by atoms with E-state index >= 15 is 0 Å². The second-order valence-electron chi connectivity index (χ2n) is 5.05. The van der Waals surface area contributed by atoms with Gasteiger partial charge in [0.05, 0.1) is 6.61 Å². The van der Waals surface area contributed by atoms with Crippen LogP contribution in [-0.4, -0.2) is 63.0 Å². The van der Waals surface area contributed by atoms with E-state index in [-0.39, 0.29) is 19.1 Å². The summed E-state index contributed by atoms with van der Waals surface area (Å²) < 4.78 is 10.2. The molecule has 0 saturated heterocycles. The summed E-state index contributed by atoms with van der Waals surface area (Å²) in [6.07, 6.45) is -0.200. The first-order valence-electron chi connectivity index (χ1n) is 6.85. The number of aliphatic hydroxyl groups excluding tert-OH is 1. The fourth-order valence-electron chi connectivity index (χ4n) is 1.62. The van der Waals surface area contributed by atoms with E-state index in [1.807, 2.05) is 19.0 Å². The number of hydrogen-bond acceptors (Lipinski definition) is 5. The molecule has 21 heavy (non-hydrogen) atoms. The topological polar surface area (TPSA) is 71.0 Å². The average Bonchev–Trinajstić information content (AvgIpc) is 2.45. The van der Waals surface area contributed by atoms with Gasteiger partial charge in [-0.1, -0.05) is 0 Å². The Labute approximate surface area is 125 Å². The molecule has 1 rings (SSSR count). The molecular formula is C15H24N2O4. The number of rotatable bonds is 9. The average molecular weight is 296 g/mol. The molecule has 0 fully saturated rings. The maximum atomic E-state index is 11.7. The maximum Gasteiger partial charge on any atom is 0.225 e. The molecule has 1 aromatic carbocycles. The van der Waals surface area contributed by atoms with Gasteiger partial charge in [0, 0.05) is 25.8 Å². The van der Waals surface area contributed by atoms with Crippen LogP contribution in [-0.2, 0) is 9.53 Å². The minimum absolute atomic E-state index is 0.0205. The summed E-state index contributed by atoms with van der Waals surface area (Å²) in [4.78, 5) is 13.6. The lowest BCUT2D eigenvalue weighted by Crippen LogP contribution is -2.22. The highest BCUT2D eigenvalue weighted by molar-refractivity contribution is 5.90. The Morgan fingerprint density at radius 1 is 1.29 bits per heavy atom. The standard InChI is InChI=1S/C15H24N2O4/c1-17(2)9-8-15(19)16-12-4-6-14(7-5-12)21-11-13(18)10-20-3/h4-7,13,18H,8-11H2,1-3H3,(H,16,19). The second kappa shape index (κ2) is 9.33. The predicted octanol–water partition coefficient (Wildman–Crippen LogP) is 0.963. The summed E-state index contributed by atoms with van der Waals surface area (Å²) in [7, 11) is 5.38. The van der Waals surface area contributed by atoms with Crippen molar-refractivity contribution in [2.24, 2.45) is 0 Å². The third-order valence-electron chi connectivity index (χ3n) is 2.73. The van der Waals surface area contributed by atoms with Crippen LogP contribution in [0.1, 0.15) is 6.42 Å². The third kappa shape index (κ3) is 7.65. The molecule has 6 heteroatoms. The fourth-order valence-corrected chi connectivity index (χ4v) is 1.62. The van der Waals surface area contributed by atoms with Crippen molar-refractivity contribution in [2.75, 3.05) is 46.3 Å². The number of hydrogen-bond donors (Lipinski definition) is 2. The molecule has 0 bridgehead atoms. The SMILES string of the molecule is COCC(O)COc1ccc(NC(=O)CCN(C)C)cc1. The van der Waals surface area contributed by atoms with Crippen molar-refractivity contribution in [3.63, 3.8) is 0 Å². The van der Waals surface area contributed by atoms with E-state index in [1.165, 1.54) is 7.11 Å². The van der Waals surface area contributed by atoms with Gasteiger partial charge in [-0.15, -0.1) is 0 Å². The number of nitrogens with zero attached hydrogens (tertiary/aromatic N) is 1. The molecule has 1 unspecified atom stereocenters. The van der Waals surface area contributed by atoms with Crippen molar-refractivity contribution < 1.29 is 19.4 Å². The summed E-state index contributed by atoms with van der Waals surface area (Å²) in [5.41, 5.74) is 0.726. The van der Waals surface area contributed by atoms with E-state index in [0.717, 1.165) is 5.69 Å². The number of methoxy groups -OCH3 is 1. The molecule has 0 radical (unpaired) electrons. The molecule has 1 amide bonds. The molecule has 1 atom stereocenters. The molecule has 0 saturated carbocycles. The van der Waals surface area contributed by atoms with Gasteiger partial charge in [-0.2, -0.15) is 0 Å². The van der Waals surface area contributed by atoms with Gasteiger partial charge in [0.2, 0.25) is 5.91 Å². The zero-order valence-corrected chi connectivity index (χ0v) is 12.8. The van der Waals surface area contributed by atoms with Crippen LogP contribution in [0.3, 0.4) is 0 Å². The molecule has 2 N–H and O–H groups in total. The van der Waals surface area contributed by atoms with Crippen LogP contribution >= 0.6 is 0 Å². The second-order valence-corrected chi connectivity index (χ2v) is 5.05. The fraction of sp³-hybridized carbons (Fsp3) is 0.533. The van der Waals surface area contributed by atoms with Crippen molar-refractivity contribution >= 4 is 11.6 Å². The van der Waals surface area contributed by atoms with Gasteiger partial charge in [0.1, 0.15) is 18.5 Å². The number of benzene rings is 1. The Hall–Kier alpha value is -1.63. The van der Waals surface area contributed by atoms with E-state index in [0.29, 0.717) is 18.7 Å². The molecule has 0 aliphatic heterocycles. The van der Waals surface area contributed by atoms with Gasteiger partial charge in [-0.05, 0) is 38.4 Å². The number of nitrogens with one attached hydrogen (secondary N) is 1. The van der Waals surface area contributed by atoms with E-state index in [9.17, 15) is 9.90 Å². The number of carbonyl (C=O) groups is 1. The largest absolute Gasteiger partial charge is 0.491 e. The van der Waals surface area contributed by atoms with Crippen LogP contribution in [0, 0.1) is 0 Å². The highest BCUT2D eigenvalue weighted by Gasteiger charge is 2.06. The summed E-state index contributed by atoms with van der Waals surface area (Å²) in [6.45, 7) is 1.12. The maximum absolute atomic E-state index is 11.7. The number of aliphatic hydroxyl groups is 1. The molecule has 0 heterocycles. The molecule has 0 aliphatic rings. The monoisotopic (exact) mass is 296 g/mol. The lowest BCUT2D eigenvalue weighted by molar-refractivity contribution is -0.116. The Kier molecular flexibility index (Phi) is 7.74. The first-order chi connectivity index (χ1) is 10.0. The lowest BCUT2D eigenvalue weighted by atomic mass is 10.3. The number of anilines is 1. The highest BCUT2D eigenvalue weighted by Crippen LogP contribution is 2.16. The molecule has 118 valence electrons. The summed E-state index contributed by atoms with van der Waals surface area (Å²) in [5, 5.41) is 12.3. The quantitative estimate of drug-likeness (QED) is 0.710. The van der Waals surface area contributed by atoms with E-state index < -0.39 is 6.10 Å². The Morgan fingerprint density at radius 2 is 1.95 bits per heavy atom. The van der Waals surface area contributed by atoms with Crippen molar-refractivity contribution in [3.8, 4) is 5.75 Å². The number of ether oxygens (including phenoxy) is 2. The summed E-state index contributed by atoms with van der Waals surface area (Å²) in [6, 6.07) is 7.04.